The van der Waals surface area contributed by atoms with Crippen LogP contribution in [-0.4, -0.2) is 29.5 Å². The lowest BCUT2D eigenvalue weighted by atomic mass is 9.99. The normalized spacial score (nSPS) is 12.9. The van der Waals surface area contributed by atoms with Gasteiger partial charge in [-0.15, -0.1) is 11.3 Å². The Hall–Kier alpha value is -2.75. The number of aromatic nitrogens is 1. The van der Waals surface area contributed by atoms with E-state index in [1.807, 2.05) is 55.8 Å². The molecule has 1 atom stereocenters. The zero-order valence-corrected chi connectivity index (χ0v) is 19.0. The van der Waals surface area contributed by atoms with Crippen molar-refractivity contribution in [2.75, 3.05) is 4.72 Å². The highest BCUT2D eigenvalue weighted by Crippen LogP contribution is 2.33. The fourth-order valence-electron chi connectivity index (χ4n) is 2.92. The largest absolute Gasteiger partial charge is 0.459 e. The smallest absolute Gasteiger partial charge is 0.357 e. The molecule has 0 radical (unpaired) electrons. The number of benzene rings is 2. The highest BCUT2D eigenvalue weighted by molar-refractivity contribution is 7.87. The second-order valence-corrected chi connectivity index (χ2v) is 10.2. The van der Waals surface area contributed by atoms with E-state index >= 15 is 0 Å². The molecule has 164 valence electrons. The maximum Gasteiger partial charge on any atom is 0.357 e. The molecule has 0 saturated carbocycles. The SMILES string of the molecule is CC(C)(C)OC(=O)C(Cc1ccc(NS(=O)(=O)O)cc1)c1ncc(-c2ccccc2)s1. The summed E-state index contributed by atoms with van der Waals surface area (Å²) >= 11 is 1.44. The van der Waals surface area contributed by atoms with Crippen LogP contribution in [0.15, 0.2) is 60.8 Å². The maximum atomic E-state index is 13.0. The van der Waals surface area contributed by atoms with Crippen molar-refractivity contribution in [3.05, 3.63) is 71.4 Å². The minimum atomic E-state index is -4.35. The summed E-state index contributed by atoms with van der Waals surface area (Å²) in [4.78, 5) is 18.4. The molecule has 0 aliphatic carbocycles. The molecule has 7 nitrogen and oxygen atoms in total. The Morgan fingerprint density at radius 1 is 1.13 bits per heavy atom. The van der Waals surface area contributed by atoms with Gasteiger partial charge in [0, 0.05) is 6.20 Å². The maximum absolute atomic E-state index is 13.0. The van der Waals surface area contributed by atoms with Crippen LogP contribution in [0.1, 0.15) is 37.3 Å². The summed E-state index contributed by atoms with van der Waals surface area (Å²) in [6, 6.07) is 16.2. The quantitative estimate of drug-likeness (QED) is 0.391. The number of esters is 1. The van der Waals surface area contributed by atoms with E-state index < -0.39 is 21.8 Å². The van der Waals surface area contributed by atoms with Crippen LogP contribution in [0.5, 0.6) is 0 Å². The van der Waals surface area contributed by atoms with E-state index in [1.54, 1.807) is 18.3 Å². The molecular formula is C22H24N2O5S2. The Morgan fingerprint density at radius 3 is 2.35 bits per heavy atom. The van der Waals surface area contributed by atoms with Gasteiger partial charge in [0.1, 0.15) is 16.5 Å². The van der Waals surface area contributed by atoms with Crippen molar-refractivity contribution in [1.82, 2.24) is 4.98 Å². The topological polar surface area (TPSA) is 106 Å². The van der Waals surface area contributed by atoms with Crippen LogP contribution in [0.3, 0.4) is 0 Å². The van der Waals surface area contributed by atoms with Gasteiger partial charge in [-0.3, -0.25) is 14.1 Å². The molecule has 2 N–H and O–H groups in total. The fraction of sp³-hybridized carbons (Fsp3) is 0.273. The molecule has 0 saturated heterocycles. The molecular weight excluding hydrogens is 436 g/mol. The molecule has 1 heterocycles. The van der Waals surface area contributed by atoms with Gasteiger partial charge in [-0.05, 0) is 50.5 Å². The first-order valence-corrected chi connectivity index (χ1v) is 11.8. The molecule has 2 aromatic carbocycles. The first kappa shape index (κ1) is 22.9. The van der Waals surface area contributed by atoms with Crippen molar-refractivity contribution in [1.29, 1.82) is 0 Å². The minimum Gasteiger partial charge on any atom is -0.459 e. The van der Waals surface area contributed by atoms with Gasteiger partial charge in [-0.25, -0.2) is 4.98 Å². The van der Waals surface area contributed by atoms with E-state index in [9.17, 15) is 13.2 Å². The zero-order chi connectivity index (χ0) is 22.6. The van der Waals surface area contributed by atoms with E-state index in [1.165, 1.54) is 23.5 Å². The van der Waals surface area contributed by atoms with Crippen LogP contribution in [0.2, 0.25) is 0 Å². The van der Waals surface area contributed by atoms with Gasteiger partial charge in [-0.2, -0.15) is 8.42 Å². The van der Waals surface area contributed by atoms with Crippen molar-refractivity contribution in [3.8, 4) is 10.4 Å². The summed E-state index contributed by atoms with van der Waals surface area (Å²) in [5, 5.41) is 0.647. The summed E-state index contributed by atoms with van der Waals surface area (Å²) < 4.78 is 38.5. The number of thiazole rings is 1. The summed E-state index contributed by atoms with van der Waals surface area (Å²) in [5.74, 6) is -0.983. The number of nitrogens with zero attached hydrogens (tertiary/aromatic N) is 1. The lowest BCUT2D eigenvalue weighted by molar-refractivity contribution is -0.156. The molecule has 1 unspecified atom stereocenters. The highest BCUT2D eigenvalue weighted by atomic mass is 32.2. The van der Waals surface area contributed by atoms with Gasteiger partial charge < -0.3 is 4.74 Å². The third kappa shape index (κ3) is 6.88. The van der Waals surface area contributed by atoms with Gasteiger partial charge in [0.25, 0.3) is 0 Å². The number of carbonyl (C=O) groups excluding carboxylic acids is 1. The second-order valence-electron chi connectivity index (χ2n) is 7.99. The monoisotopic (exact) mass is 460 g/mol. The predicted molar refractivity (Wildman–Crippen MR) is 121 cm³/mol. The molecule has 0 amide bonds. The average molecular weight is 461 g/mol. The lowest BCUT2D eigenvalue weighted by Gasteiger charge is -2.23. The van der Waals surface area contributed by atoms with Crippen LogP contribution in [0.25, 0.3) is 10.4 Å². The summed E-state index contributed by atoms with van der Waals surface area (Å²) in [6.45, 7) is 5.44. The fourth-order valence-corrected chi connectivity index (χ4v) is 4.37. The second kappa shape index (κ2) is 9.17. The Balaban J connectivity index is 1.87. The summed E-state index contributed by atoms with van der Waals surface area (Å²) in [6.07, 6.45) is 2.09. The number of nitrogens with one attached hydrogen (secondary N) is 1. The molecule has 3 aromatic rings. The van der Waals surface area contributed by atoms with Crippen LogP contribution in [0, 0.1) is 0 Å². The third-order valence-electron chi connectivity index (χ3n) is 4.21. The molecule has 3 rings (SSSR count). The van der Waals surface area contributed by atoms with Gasteiger partial charge in [-0.1, -0.05) is 42.5 Å². The minimum absolute atomic E-state index is 0.223. The van der Waals surface area contributed by atoms with E-state index in [0.717, 1.165) is 16.0 Å². The van der Waals surface area contributed by atoms with Crippen molar-refractivity contribution < 1.29 is 22.5 Å². The van der Waals surface area contributed by atoms with Gasteiger partial charge in [0.15, 0.2) is 0 Å². The standard InChI is InChI=1S/C22H24N2O5S2/c1-22(2,3)29-21(25)18(13-15-9-11-17(12-10-15)24-31(26,27)28)20-23-14-19(30-20)16-7-5-4-6-8-16/h4-12,14,18,24H,13H2,1-3H3,(H,26,27,28). The van der Waals surface area contributed by atoms with Crippen molar-refractivity contribution in [2.24, 2.45) is 0 Å². The molecule has 1 aromatic heterocycles. The lowest BCUT2D eigenvalue weighted by Crippen LogP contribution is -2.28. The third-order valence-corrected chi connectivity index (χ3v) is 5.87. The molecule has 0 aliphatic heterocycles. The van der Waals surface area contributed by atoms with Crippen molar-refractivity contribution in [3.63, 3.8) is 0 Å². The Kier molecular flexibility index (Phi) is 6.78. The van der Waals surface area contributed by atoms with Crippen LogP contribution in [0.4, 0.5) is 5.69 Å². The Bertz CT molecular complexity index is 1130. The molecule has 0 spiro atoms. The number of ether oxygens (including phenoxy) is 1. The van der Waals surface area contributed by atoms with Crippen molar-refractivity contribution >= 4 is 33.3 Å². The van der Waals surface area contributed by atoms with E-state index in [2.05, 4.69) is 4.98 Å². The Morgan fingerprint density at radius 2 is 1.77 bits per heavy atom. The molecule has 0 fully saturated rings. The van der Waals surface area contributed by atoms with Gasteiger partial charge in [0.2, 0.25) is 0 Å². The van der Waals surface area contributed by atoms with Crippen LogP contribution < -0.4 is 4.72 Å². The van der Waals surface area contributed by atoms with E-state index in [-0.39, 0.29) is 11.7 Å². The molecule has 31 heavy (non-hydrogen) atoms. The first-order valence-electron chi connectivity index (χ1n) is 9.58. The van der Waals surface area contributed by atoms with E-state index in [4.69, 9.17) is 9.29 Å². The number of carbonyl (C=O) groups is 1. The van der Waals surface area contributed by atoms with Crippen LogP contribution in [-0.2, 0) is 26.3 Å². The first-order chi connectivity index (χ1) is 14.5. The number of anilines is 1. The summed E-state index contributed by atoms with van der Waals surface area (Å²) in [7, 11) is -4.35. The molecule has 0 bridgehead atoms. The molecule has 9 heteroatoms. The highest BCUT2D eigenvalue weighted by Gasteiger charge is 2.29. The number of hydrogen-bond acceptors (Lipinski definition) is 6. The predicted octanol–water partition coefficient (Wildman–Crippen LogP) is 4.69. The van der Waals surface area contributed by atoms with Gasteiger partial charge >= 0.3 is 16.3 Å². The Labute approximate surface area is 186 Å². The average Bonchev–Trinajstić information content (AvgIpc) is 3.15. The van der Waals surface area contributed by atoms with Gasteiger partial charge in [0.05, 0.1) is 10.6 Å². The number of hydrogen-bond donors (Lipinski definition) is 2. The van der Waals surface area contributed by atoms with E-state index in [0.29, 0.717) is 11.4 Å². The van der Waals surface area contributed by atoms with Crippen LogP contribution >= 0.6 is 11.3 Å². The van der Waals surface area contributed by atoms with Crippen molar-refractivity contribution in [2.45, 2.75) is 38.7 Å². The number of rotatable bonds is 7. The molecule has 0 aliphatic rings. The zero-order valence-electron chi connectivity index (χ0n) is 17.4. The summed E-state index contributed by atoms with van der Waals surface area (Å²) in [5.41, 5.74) is 1.40.